The fourth-order valence-electron chi connectivity index (χ4n) is 1.48. The van der Waals surface area contributed by atoms with Crippen molar-refractivity contribution in [1.29, 1.82) is 0 Å². The van der Waals surface area contributed by atoms with Gasteiger partial charge in [-0.15, -0.1) is 0 Å². The Bertz CT molecular complexity index is 189. The maximum absolute atomic E-state index is 11.2. The van der Waals surface area contributed by atoms with Gasteiger partial charge in [-0.1, -0.05) is 0 Å². The number of rotatable bonds is 6. The van der Waals surface area contributed by atoms with Crippen molar-refractivity contribution in [3.05, 3.63) is 0 Å². The van der Waals surface area contributed by atoms with E-state index in [0.29, 0.717) is 6.04 Å². The largest absolute Gasteiger partial charge is 0.336 e. The van der Waals surface area contributed by atoms with Gasteiger partial charge in [0.25, 0.3) is 0 Å². The molecular formula is C9H19N3OS. The zero-order valence-electron chi connectivity index (χ0n) is 8.88. The Morgan fingerprint density at radius 2 is 2.50 bits per heavy atom. The fourth-order valence-corrected chi connectivity index (χ4v) is 2.10. The molecule has 1 unspecified atom stereocenters. The van der Waals surface area contributed by atoms with E-state index in [4.69, 9.17) is 0 Å². The zero-order valence-corrected chi connectivity index (χ0v) is 9.69. The van der Waals surface area contributed by atoms with Crippen LogP contribution >= 0.6 is 11.8 Å². The molecule has 4 nitrogen and oxygen atoms in total. The summed E-state index contributed by atoms with van der Waals surface area (Å²) in [7, 11) is 0. The van der Waals surface area contributed by atoms with Crippen molar-refractivity contribution in [1.82, 2.24) is 15.5 Å². The molecule has 0 radical (unpaired) electrons. The summed E-state index contributed by atoms with van der Waals surface area (Å²) in [5.74, 6) is 1.12. The SMILES string of the molecule is CSCC(C)NCCN1CCNC1=O. The number of urea groups is 1. The van der Waals surface area contributed by atoms with Crippen LogP contribution in [0.1, 0.15) is 6.92 Å². The predicted molar refractivity (Wildman–Crippen MR) is 60.8 cm³/mol. The van der Waals surface area contributed by atoms with Crippen molar-refractivity contribution in [2.45, 2.75) is 13.0 Å². The summed E-state index contributed by atoms with van der Waals surface area (Å²) >= 11 is 1.84. The van der Waals surface area contributed by atoms with Crippen LogP contribution in [0.5, 0.6) is 0 Å². The van der Waals surface area contributed by atoms with Crippen molar-refractivity contribution in [2.24, 2.45) is 0 Å². The summed E-state index contributed by atoms with van der Waals surface area (Å²) in [5.41, 5.74) is 0. The third-order valence-corrected chi connectivity index (χ3v) is 3.07. The molecule has 2 amide bonds. The number of amides is 2. The first-order valence-electron chi connectivity index (χ1n) is 4.99. The van der Waals surface area contributed by atoms with E-state index in [1.807, 2.05) is 16.7 Å². The Labute approximate surface area is 89.8 Å². The van der Waals surface area contributed by atoms with Crippen molar-refractivity contribution in [3.63, 3.8) is 0 Å². The molecule has 0 aromatic carbocycles. The second kappa shape index (κ2) is 6.14. The van der Waals surface area contributed by atoms with E-state index in [0.717, 1.165) is 31.9 Å². The molecule has 82 valence electrons. The van der Waals surface area contributed by atoms with Gasteiger partial charge >= 0.3 is 6.03 Å². The normalized spacial score (nSPS) is 18.4. The lowest BCUT2D eigenvalue weighted by atomic mass is 10.4. The summed E-state index contributed by atoms with van der Waals surface area (Å²) in [6, 6.07) is 0.597. The van der Waals surface area contributed by atoms with Crippen LogP contribution in [-0.2, 0) is 0 Å². The molecule has 14 heavy (non-hydrogen) atoms. The van der Waals surface area contributed by atoms with Crippen LogP contribution in [-0.4, -0.2) is 55.2 Å². The highest BCUT2D eigenvalue weighted by molar-refractivity contribution is 7.98. The topological polar surface area (TPSA) is 44.4 Å². The molecular weight excluding hydrogens is 198 g/mol. The van der Waals surface area contributed by atoms with Crippen LogP contribution in [0.25, 0.3) is 0 Å². The minimum absolute atomic E-state index is 0.0734. The summed E-state index contributed by atoms with van der Waals surface area (Å²) in [5, 5.41) is 6.18. The van der Waals surface area contributed by atoms with E-state index in [2.05, 4.69) is 23.8 Å². The molecule has 1 rings (SSSR count). The first-order valence-corrected chi connectivity index (χ1v) is 6.38. The molecule has 1 fully saturated rings. The summed E-state index contributed by atoms with van der Waals surface area (Å²) < 4.78 is 0. The molecule has 0 bridgehead atoms. The highest BCUT2D eigenvalue weighted by atomic mass is 32.2. The number of nitrogens with one attached hydrogen (secondary N) is 2. The van der Waals surface area contributed by atoms with E-state index < -0.39 is 0 Å². The van der Waals surface area contributed by atoms with Gasteiger partial charge in [0.05, 0.1) is 0 Å². The molecule has 1 atom stereocenters. The second-order valence-corrected chi connectivity index (χ2v) is 4.44. The van der Waals surface area contributed by atoms with Crippen LogP contribution < -0.4 is 10.6 Å². The van der Waals surface area contributed by atoms with E-state index >= 15 is 0 Å². The Balaban J connectivity index is 2.05. The average Bonchev–Trinajstić information content (AvgIpc) is 2.52. The molecule has 0 aliphatic carbocycles. The Hall–Kier alpha value is -0.420. The van der Waals surface area contributed by atoms with Gasteiger partial charge in [-0.05, 0) is 13.2 Å². The minimum Gasteiger partial charge on any atom is -0.336 e. The Morgan fingerprint density at radius 1 is 1.71 bits per heavy atom. The monoisotopic (exact) mass is 217 g/mol. The van der Waals surface area contributed by atoms with E-state index in [1.54, 1.807) is 0 Å². The van der Waals surface area contributed by atoms with Crippen molar-refractivity contribution < 1.29 is 4.79 Å². The first-order chi connectivity index (χ1) is 6.74. The predicted octanol–water partition coefficient (Wildman–Crippen LogP) is 0.353. The van der Waals surface area contributed by atoms with Crippen LogP contribution in [0, 0.1) is 0 Å². The number of hydrogen-bond acceptors (Lipinski definition) is 3. The van der Waals surface area contributed by atoms with Gasteiger partial charge < -0.3 is 15.5 Å². The maximum Gasteiger partial charge on any atom is 0.317 e. The van der Waals surface area contributed by atoms with Gasteiger partial charge in [0.2, 0.25) is 0 Å². The first kappa shape index (κ1) is 11.7. The highest BCUT2D eigenvalue weighted by Gasteiger charge is 2.18. The standard InChI is InChI=1S/C9H19N3OS/c1-8(7-14-2)10-3-5-12-6-4-11-9(12)13/h8,10H,3-7H2,1-2H3,(H,11,13). The highest BCUT2D eigenvalue weighted by Crippen LogP contribution is 1.97. The van der Waals surface area contributed by atoms with Crippen molar-refractivity contribution in [3.8, 4) is 0 Å². The Morgan fingerprint density at radius 3 is 3.07 bits per heavy atom. The van der Waals surface area contributed by atoms with Crippen molar-refractivity contribution in [2.75, 3.05) is 38.2 Å². The van der Waals surface area contributed by atoms with Gasteiger partial charge in [0.1, 0.15) is 0 Å². The van der Waals surface area contributed by atoms with Crippen LogP contribution in [0.2, 0.25) is 0 Å². The van der Waals surface area contributed by atoms with E-state index in [9.17, 15) is 4.79 Å². The molecule has 0 aromatic heterocycles. The van der Waals surface area contributed by atoms with Gasteiger partial charge in [-0.2, -0.15) is 11.8 Å². The molecule has 0 aromatic rings. The molecule has 0 spiro atoms. The lowest BCUT2D eigenvalue weighted by Crippen LogP contribution is -2.38. The smallest absolute Gasteiger partial charge is 0.317 e. The van der Waals surface area contributed by atoms with Crippen LogP contribution in [0.3, 0.4) is 0 Å². The second-order valence-electron chi connectivity index (χ2n) is 3.53. The summed E-state index contributed by atoms with van der Waals surface area (Å²) in [4.78, 5) is 13.0. The van der Waals surface area contributed by atoms with Crippen molar-refractivity contribution >= 4 is 17.8 Å². The molecule has 0 saturated carbocycles. The lowest BCUT2D eigenvalue weighted by molar-refractivity contribution is 0.217. The molecule has 1 aliphatic heterocycles. The van der Waals surface area contributed by atoms with Gasteiger partial charge in [0, 0.05) is 38.0 Å². The van der Waals surface area contributed by atoms with E-state index in [-0.39, 0.29) is 6.03 Å². The molecule has 1 heterocycles. The number of nitrogens with zero attached hydrogens (tertiary/aromatic N) is 1. The lowest BCUT2D eigenvalue weighted by Gasteiger charge is -2.17. The molecule has 2 N–H and O–H groups in total. The number of hydrogen-bond donors (Lipinski definition) is 2. The summed E-state index contributed by atoms with van der Waals surface area (Å²) in [6.45, 7) is 5.50. The van der Waals surface area contributed by atoms with Gasteiger partial charge in [-0.3, -0.25) is 0 Å². The average molecular weight is 217 g/mol. The fraction of sp³-hybridized carbons (Fsp3) is 0.889. The Kier molecular flexibility index (Phi) is 5.11. The van der Waals surface area contributed by atoms with Crippen LogP contribution in [0.15, 0.2) is 0 Å². The zero-order chi connectivity index (χ0) is 10.4. The number of carbonyl (C=O) groups is 1. The third kappa shape index (κ3) is 3.75. The summed E-state index contributed by atoms with van der Waals surface area (Å²) in [6.07, 6.45) is 2.10. The number of carbonyl (C=O) groups excluding carboxylic acids is 1. The number of thioether (sulfide) groups is 1. The molecule has 1 aliphatic rings. The molecule has 1 saturated heterocycles. The van der Waals surface area contributed by atoms with Gasteiger partial charge in [0.15, 0.2) is 0 Å². The minimum atomic E-state index is 0.0734. The van der Waals surface area contributed by atoms with Crippen LogP contribution in [0.4, 0.5) is 4.79 Å². The van der Waals surface area contributed by atoms with E-state index in [1.165, 1.54) is 0 Å². The maximum atomic E-state index is 11.2. The third-order valence-electron chi connectivity index (χ3n) is 2.24. The van der Waals surface area contributed by atoms with Gasteiger partial charge in [-0.25, -0.2) is 4.79 Å². The quantitative estimate of drug-likeness (QED) is 0.675. The molecule has 5 heteroatoms.